The molecule has 0 heterocycles. The van der Waals surface area contributed by atoms with Crippen molar-refractivity contribution in [1.29, 1.82) is 0 Å². The molecule has 1 aliphatic carbocycles. The maximum absolute atomic E-state index is 9.65. The minimum absolute atomic E-state index is 0.0102. The summed E-state index contributed by atoms with van der Waals surface area (Å²) in [6.07, 6.45) is 11.4. The van der Waals surface area contributed by atoms with Gasteiger partial charge in [-0.15, -0.1) is 0 Å². The van der Waals surface area contributed by atoms with Crippen molar-refractivity contribution in [3.8, 4) is 0 Å². The van der Waals surface area contributed by atoms with Crippen LogP contribution >= 0.6 is 0 Å². The van der Waals surface area contributed by atoms with Crippen LogP contribution < -0.4 is 5.32 Å². The van der Waals surface area contributed by atoms with E-state index in [1.165, 1.54) is 38.5 Å². The van der Waals surface area contributed by atoms with Crippen molar-refractivity contribution in [3.63, 3.8) is 0 Å². The summed E-state index contributed by atoms with van der Waals surface area (Å²) in [7, 11) is 0. The van der Waals surface area contributed by atoms with E-state index in [0.29, 0.717) is 6.04 Å². The van der Waals surface area contributed by atoms with Crippen LogP contribution in [0.15, 0.2) is 0 Å². The average molecular weight is 227 g/mol. The van der Waals surface area contributed by atoms with Crippen molar-refractivity contribution in [2.75, 3.05) is 6.61 Å². The normalized spacial score (nSPS) is 22.7. The summed E-state index contributed by atoms with van der Waals surface area (Å²) in [6, 6.07) is 0.640. The first-order valence-corrected chi connectivity index (χ1v) is 7.15. The molecule has 0 bridgehead atoms. The fourth-order valence-corrected chi connectivity index (χ4v) is 2.92. The summed E-state index contributed by atoms with van der Waals surface area (Å²) < 4.78 is 0. The lowest BCUT2D eigenvalue weighted by atomic mass is 9.89. The highest BCUT2D eigenvalue weighted by Gasteiger charge is 2.29. The van der Waals surface area contributed by atoms with Gasteiger partial charge in [0.25, 0.3) is 0 Å². The van der Waals surface area contributed by atoms with Crippen LogP contribution in [0, 0.1) is 0 Å². The molecule has 0 aromatic heterocycles. The van der Waals surface area contributed by atoms with Crippen LogP contribution in [0.4, 0.5) is 0 Å². The van der Waals surface area contributed by atoms with Gasteiger partial charge in [0.15, 0.2) is 0 Å². The predicted octanol–water partition coefficient (Wildman–Crippen LogP) is 3.24. The molecular formula is C14H29NO. The molecule has 1 unspecified atom stereocenters. The quantitative estimate of drug-likeness (QED) is 0.683. The number of hydrogen-bond acceptors (Lipinski definition) is 2. The molecule has 1 rings (SSSR count). The van der Waals surface area contributed by atoms with Gasteiger partial charge < -0.3 is 10.4 Å². The fraction of sp³-hybridized carbons (Fsp3) is 1.00. The maximum Gasteiger partial charge on any atom is 0.0613 e. The van der Waals surface area contributed by atoms with E-state index in [-0.39, 0.29) is 12.1 Å². The average Bonchev–Trinajstić information content (AvgIpc) is 2.57. The third-order valence-electron chi connectivity index (χ3n) is 4.07. The smallest absolute Gasteiger partial charge is 0.0613 e. The number of aliphatic hydroxyl groups is 1. The van der Waals surface area contributed by atoms with E-state index in [1.54, 1.807) is 0 Å². The minimum atomic E-state index is -0.0102. The number of rotatable bonds is 6. The molecule has 2 heteroatoms. The Morgan fingerprint density at radius 2 is 1.75 bits per heavy atom. The van der Waals surface area contributed by atoms with Gasteiger partial charge >= 0.3 is 0 Å². The third kappa shape index (κ3) is 4.06. The lowest BCUT2D eigenvalue weighted by Crippen LogP contribution is -2.52. The summed E-state index contributed by atoms with van der Waals surface area (Å²) in [6.45, 7) is 4.68. The van der Waals surface area contributed by atoms with Gasteiger partial charge in [-0.05, 0) is 25.7 Å². The van der Waals surface area contributed by atoms with Crippen molar-refractivity contribution >= 4 is 0 Å². The number of nitrogens with one attached hydrogen (secondary N) is 1. The number of aliphatic hydroxyl groups excluding tert-OH is 1. The monoisotopic (exact) mass is 227 g/mol. The molecule has 16 heavy (non-hydrogen) atoms. The van der Waals surface area contributed by atoms with Crippen LogP contribution in [0.2, 0.25) is 0 Å². The second kappa shape index (κ2) is 7.29. The molecule has 0 spiro atoms. The van der Waals surface area contributed by atoms with Crippen molar-refractivity contribution in [2.24, 2.45) is 0 Å². The van der Waals surface area contributed by atoms with Gasteiger partial charge in [-0.3, -0.25) is 0 Å². The Morgan fingerprint density at radius 3 is 2.19 bits per heavy atom. The minimum Gasteiger partial charge on any atom is -0.394 e. The Kier molecular flexibility index (Phi) is 6.37. The molecule has 96 valence electrons. The van der Waals surface area contributed by atoms with E-state index < -0.39 is 0 Å². The van der Waals surface area contributed by atoms with Gasteiger partial charge in [0.05, 0.1) is 6.61 Å². The highest BCUT2D eigenvalue weighted by Crippen LogP contribution is 2.23. The molecule has 2 N–H and O–H groups in total. The molecule has 0 aromatic rings. The predicted molar refractivity (Wildman–Crippen MR) is 69.6 cm³/mol. The van der Waals surface area contributed by atoms with Crippen LogP contribution in [-0.4, -0.2) is 23.3 Å². The van der Waals surface area contributed by atoms with E-state index in [0.717, 1.165) is 19.3 Å². The first kappa shape index (κ1) is 14.0. The Hall–Kier alpha value is -0.0800. The Bertz CT molecular complexity index is 170. The van der Waals surface area contributed by atoms with Crippen molar-refractivity contribution in [1.82, 2.24) is 5.32 Å². The summed E-state index contributed by atoms with van der Waals surface area (Å²) in [4.78, 5) is 0. The zero-order valence-electron chi connectivity index (χ0n) is 11.1. The van der Waals surface area contributed by atoms with Crippen LogP contribution in [0.1, 0.15) is 71.6 Å². The van der Waals surface area contributed by atoms with Gasteiger partial charge in [0, 0.05) is 11.6 Å². The van der Waals surface area contributed by atoms with E-state index >= 15 is 0 Å². The molecule has 0 amide bonds. The molecule has 0 aliphatic heterocycles. The van der Waals surface area contributed by atoms with E-state index in [1.807, 2.05) is 0 Å². The molecule has 1 saturated carbocycles. The molecule has 1 atom stereocenters. The second-order valence-corrected chi connectivity index (χ2v) is 5.37. The zero-order valence-corrected chi connectivity index (χ0v) is 11.1. The lowest BCUT2D eigenvalue weighted by molar-refractivity contribution is 0.128. The van der Waals surface area contributed by atoms with E-state index in [9.17, 15) is 5.11 Å². The zero-order chi connectivity index (χ0) is 11.9. The Labute approximate surface area is 101 Å². The van der Waals surface area contributed by atoms with Gasteiger partial charge in [0.1, 0.15) is 0 Å². The molecule has 2 nitrogen and oxygen atoms in total. The Balaban J connectivity index is 2.51. The third-order valence-corrected chi connectivity index (χ3v) is 4.07. The van der Waals surface area contributed by atoms with Crippen LogP contribution in [-0.2, 0) is 0 Å². The SMILES string of the molecule is CCCC(CC)(CO)NC1CCCCCC1. The standard InChI is InChI=1S/C14H29NO/c1-3-11-14(4-2,12-16)15-13-9-7-5-6-8-10-13/h13,15-16H,3-12H2,1-2H3. The maximum atomic E-state index is 9.65. The van der Waals surface area contributed by atoms with Crippen LogP contribution in [0.25, 0.3) is 0 Å². The molecular weight excluding hydrogens is 198 g/mol. The molecule has 1 aliphatic rings. The van der Waals surface area contributed by atoms with Crippen molar-refractivity contribution in [2.45, 2.75) is 83.2 Å². The highest BCUT2D eigenvalue weighted by atomic mass is 16.3. The Morgan fingerprint density at radius 1 is 1.12 bits per heavy atom. The molecule has 0 radical (unpaired) electrons. The van der Waals surface area contributed by atoms with Gasteiger partial charge in [-0.25, -0.2) is 0 Å². The van der Waals surface area contributed by atoms with Gasteiger partial charge in [-0.1, -0.05) is 46.0 Å². The summed E-state index contributed by atoms with van der Waals surface area (Å²) >= 11 is 0. The summed E-state index contributed by atoms with van der Waals surface area (Å²) in [5.41, 5.74) is -0.0102. The van der Waals surface area contributed by atoms with E-state index in [2.05, 4.69) is 19.2 Å². The first-order chi connectivity index (χ1) is 7.76. The molecule has 0 saturated heterocycles. The highest BCUT2D eigenvalue weighted by molar-refractivity contribution is 4.89. The number of hydrogen-bond donors (Lipinski definition) is 2. The molecule has 0 aromatic carbocycles. The molecule has 1 fully saturated rings. The van der Waals surface area contributed by atoms with Crippen molar-refractivity contribution < 1.29 is 5.11 Å². The largest absolute Gasteiger partial charge is 0.394 e. The van der Waals surface area contributed by atoms with Crippen LogP contribution in [0.3, 0.4) is 0 Å². The van der Waals surface area contributed by atoms with E-state index in [4.69, 9.17) is 0 Å². The van der Waals surface area contributed by atoms with Gasteiger partial charge in [-0.2, -0.15) is 0 Å². The van der Waals surface area contributed by atoms with Crippen LogP contribution in [0.5, 0.6) is 0 Å². The summed E-state index contributed by atoms with van der Waals surface area (Å²) in [5.74, 6) is 0. The van der Waals surface area contributed by atoms with Crippen molar-refractivity contribution in [3.05, 3.63) is 0 Å². The first-order valence-electron chi connectivity index (χ1n) is 7.15. The topological polar surface area (TPSA) is 32.3 Å². The summed E-state index contributed by atoms with van der Waals surface area (Å²) in [5, 5.41) is 13.4. The van der Waals surface area contributed by atoms with Gasteiger partial charge in [0.2, 0.25) is 0 Å². The second-order valence-electron chi connectivity index (χ2n) is 5.37. The fourth-order valence-electron chi connectivity index (χ4n) is 2.92. The lowest BCUT2D eigenvalue weighted by Gasteiger charge is -2.36.